The first-order chi connectivity index (χ1) is 11.6. The molecule has 120 valence electrons. The Morgan fingerprint density at radius 3 is 2.71 bits per heavy atom. The maximum absolute atomic E-state index is 14.2. The van der Waals surface area contributed by atoms with E-state index in [0.717, 1.165) is 28.3 Å². The fourth-order valence-corrected chi connectivity index (χ4v) is 4.03. The minimum atomic E-state index is -0.460. The van der Waals surface area contributed by atoms with Gasteiger partial charge in [0, 0.05) is 10.9 Å². The van der Waals surface area contributed by atoms with Gasteiger partial charge >= 0.3 is 0 Å². The van der Waals surface area contributed by atoms with E-state index in [1.54, 1.807) is 6.07 Å². The molecule has 24 heavy (non-hydrogen) atoms. The standard InChI is InChI=1S/C20H15ClFNO/c21-12-9-17-14(7-8-15(17)18(22)10-12)16-6-5-11-3-1-2-4-13(11)19(16)20(23)24/h1-6,9-10,14H,7-8H2,(H2,23,24)/t14-/m1/s1. The van der Waals surface area contributed by atoms with Crippen LogP contribution in [-0.2, 0) is 6.42 Å². The Labute approximate surface area is 144 Å². The zero-order chi connectivity index (χ0) is 16.8. The zero-order valence-electron chi connectivity index (χ0n) is 12.9. The van der Waals surface area contributed by atoms with Crippen molar-refractivity contribution in [1.82, 2.24) is 0 Å². The number of rotatable bonds is 2. The Hall–Kier alpha value is -2.39. The van der Waals surface area contributed by atoms with E-state index in [4.69, 9.17) is 17.3 Å². The predicted molar refractivity (Wildman–Crippen MR) is 94.0 cm³/mol. The first kappa shape index (κ1) is 15.2. The van der Waals surface area contributed by atoms with Crippen molar-refractivity contribution in [2.75, 3.05) is 0 Å². The van der Waals surface area contributed by atoms with E-state index in [1.807, 2.05) is 36.4 Å². The Balaban J connectivity index is 1.97. The highest BCUT2D eigenvalue weighted by molar-refractivity contribution is 6.30. The summed E-state index contributed by atoms with van der Waals surface area (Å²) in [7, 11) is 0. The third-order valence-electron chi connectivity index (χ3n) is 4.84. The number of fused-ring (bicyclic) bond motifs is 2. The van der Waals surface area contributed by atoms with Gasteiger partial charge in [-0.3, -0.25) is 4.79 Å². The van der Waals surface area contributed by atoms with Crippen molar-refractivity contribution in [2.24, 2.45) is 5.73 Å². The molecule has 4 rings (SSSR count). The molecule has 1 amide bonds. The predicted octanol–water partition coefficient (Wildman–Crippen LogP) is 4.81. The first-order valence-electron chi connectivity index (χ1n) is 7.85. The average molecular weight is 340 g/mol. The van der Waals surface area contributed by atoms with Crippen LogP contribution in [0.15, 0.2) is 48.5 Å². The SMILES string of the molecule is NC(=O)c1c([C@H]2CCc3c(F)cc(Cl)cc32)ccc2ccccc12. The highest BCUT2D eigenvalue weighted by Gasteiger charge is 2.30. The Kier molecular flexibility index (Phi) is 3.54. The van der Waals surface area contributed by atoms with Gasteiger partial charge in [-0.05, 0) is 52.4 Å². The number of primary amides is 1. The van der Waals surface area contributed by atoms with Crippen LogP contribution in [0.5, 0.6) is 0 Å². The van der Waals surface area contributed by atoms with Crippen LogP contribution in [0.1, 0.15) is 39.4 Å². The lowest BCUT2D eigenvalue weighted by molar-refractivity contribution is 0.100. The molecule has 0 aromatic heterocycles. The summed E-state index contributed by atoms with van der Waals surface area (Å²) in [5.74, 6) is -0.806. The topological polar surface area (TPSA) is 43.1 Å². The molecular weight excluding hydrogens is 325 g/mol. The van der Waals surface area contributed by atoms with Gasteiger partial charge in [0.2, 0.25) is 5.91 Å². The fourth-order valence-electron chi connectivity index (χ4n) is 3.82. The summed E-state index contributed by atoms with van der Waals surface area (Å²) in [6.07, 6.45) is 1.37. The van der Waals surface area contributed by atoms with E-state index in [1.165, 1.54) is 6.07 Å². The highest BCUT2D eigenvalue weighted by atomic mass is 35.5. The van der Waals surface area contributed by atoms with Gasteiger partial charge in [0.15, 0.2) is 0 Å². The molecule has 1 atom stereocenters. The van der Waals surface area contributed by atoms with Crippen molar-refractivity contribution >= 4 is 28.3 Å². The van der Waals surface area contributed by atoms with Crippen molar-refractivity contribution < 1.29 is 9.18 Å². The van der Waals surface area contributed by atoms with E-state index in [-0.39, 0.29) is 11.7 Å². The molecule has 0 fully saturated rings. The van der Waals surface area contributed by atoms with Gasteiger partial charge in [-0.1, -0.05) is 48.0 Å². The highest BCUT2D eigenvalue weighted by Crippen LogP contribution is 2.42. The van der Waals surface area contributed by atoms with Crippen LogP contribution in [0.2, 0.25) is 5.02 Å². The number of carbonyl (C=O) groups is 1. The number of carbonyl (C=O) groups excluding carboxylic acids is 1. The normalized spacial score (nSPS) is 16.3. The van der Waals surface area contributed by atoms with Gasteiger partial charge in [0.05, 0.1) is 5.56 Å². The Morgan fingerprint density at radius 2 is 1.92 bits per heavy atom. The van der Waals surface area contributed by atoms with Gasteiger partial charge < -0.3 is 5.73 Å². The average Bonchev–Trinajstić information content (AvgIpc) is 2.97. The molecule has 4 heteroatoms. The second kappa shape index (κ2) is 5.60. The van der Waals surface area contributed by atoms with Crippen molar-refractivity contribution in [3.63, 3.8) is 0 Å². The third-order valence-corrected chi connectivity index (χ3v) is 5.05. The lowest BCUT2D eigenvalue weighted by Gasteiger charge is -2.18. The summed E-state index contributed by atoms with van der Waals surface area (Å²) in [4.78, 5) is 12.2. The van der Waals surface area contributed by atoms with E-state index in [2.05, 4.69) is 0 Å². The maximum atomic E-state index is 14.2. The van der Waals surface area contributed by atoms with Crippen LogP contribution >= 0.6 is 11.6 Å². The minimum Gasteiger partial charge on any atom is -0.366 e. The molecule has 3 aromatic rings. The van der Waals surface area contributed by atoms with Crippen molar-refractivity contribution in [1.29, 1.82) is 0 Å². The zero-order valence-corrected chi connectivity index (χ0v) is 13.6. The minimum absolute atomic E-state index is 0.0692. The van der Waals surface area contributed by atoms with Gasteiger partial charge in [-0.2, -0.15) is 0 Å². The van der Waals surface area contributed by atoms with E-state index >= 15 is 0 Å². The maximum Gasteiger partial charge on any atom is 0.249 e. The second-order valence-electron chi connectivity index (χ2n) is 6.16. The molecule has 2 N–H and O–H groups in total. The molecule has 0 saturated carbocycles. The van der Waals surface area contributed by atoms with Crippen LogP contribution in [-0.4, -0.2) is 5.91 Å². The number of nitrogens with two attached hydrogens (primary N) is 1. The molecule has 0 saturated heterocycles. The molecule has 1 aliphatic rings. The van der Waals surface area contributed by atoms with Gasteiger partial charge in [-0.15, -0.1) is 0 Å². The van der Waals surface area contributed by atoms with Gasteiger partial charge in [-0.25, -0.2) is 4.39 Å². The molecule has 0 spiro atoms. The van der Waals surface area contributed by atoms with Crippen molar-refractivity contribution in [3.05, 3.63) is 81.6 Å². The first-order valence-corrected chi connectivity index (χ1v) is 8.23. The molecule has 0 unspecified atom stereocenters. The van der Waals surface area contributed by atoms with Crippen molar-refractivity contribution in [2.45, 2.75) is 18.8 Å². The quantitative estimate of drug-likeness (QED) is 0.715. The van der Waals surface area contributed by atoms with Gasteiger partial charge in [0.1, 0.15) is 5.82 Å². The van der Waals surface area contributed by atoms with Crippen LogP contribution < -0.4 is 5.73 Å². The second-order valence-corrected chi connectivity index (χ2v) is 6.60. The lowest BCUT2D eigenvalue weighted by Crippen LogP contribution is -2.16. The number of hydrogen-bond donors (Lipinski definition) is 1. The van der Waals surface area contributed by atoms with E-state index in [9.17, 15) is 9.18 Å². The molecule has 0 heterocycles. The van der Waals surface area contributed by atoms with E-state index in [0.29, 0.717) is 22.6 Å². The van der Waals surface area contributed by atoms with Crippen molar-refractivity contribution in [3.8, 4) is 0 Å². The van der Waals surface area contributed by atoms with Crippen LogP contribution in [0.3, 0.4) is 0 Å². The summed E-state index contributed by atoms with van der Waals surface area (Å²) in [5, 5.41) is 2.17. The summed E-state index contributed by atoms with van der Waals surface area (Å²) in [5.41, 5.74) is 8.60. The molecule has 3 aromatic carbocycles. The third kappa shape index (κ3) is 2.28. The molecule has 2 nitrogen and oxygen atoms in total. The molecule has 1 aliphatic carbocycles. The summed E-state index contributed by atoms with van der Waals surface area (Å²) in [6, 6.07) is 14.7. The number of amides is 1. The lowest BCUT2D eigenvalue weighted by atomic mass is 9.86. The smallest absolute Gasteiger partial charge is 0.249 e. The van der Waals surface area contributed by atoms with Crippen LogP contribution in [0.25, 0.3) is 10.8 Å². The number of hydrogen-bond acceptors (Lipinski definition) is 1. The largest absolute Gasteiger partial charge is 0.366 e. The van der Waals surface area contributed by atoms with E-state index < -0.39 is 5.91 Å². The molecule has 0 bridgehead atoms. The summed E-state index contributed by atoms with van der Waals surface area (Å²) < 4.78 is 14.2. The number of benzene rings is 3. The molecular formula is C20H15ClFNO. The number of halogens is 2. The monoisotopic (exact) mass is 339 g/mol. The Bertz CT molecular complexity index is 983. The molecule has 0 aliphatic heterocycles. The summed E-state index contributed by atoms with van der Waals surface area (Å²) >= 11 is 6.05. The molecule has 0 radical (unpaired) electrons. The summed E-state index contributed by atoms with van der Waals surface area (Å²) in [6.45, 7) is 0. The van der Waals surface area contributed by atoms with Crippen LogP contribution in [0.4, 0.5) is 4.39 Å². The Morgan fingerprint density at radius 1 is 1.12 bits per heavy atom. The fraction of sp³-hybridized carbons (Fsp3) is 0.150. The van der Waals surface area contributed by atoms with Gasteiger partial charge in [0.25, 0.3) is 0 Å². The van der Waals surface area contributed by atoms with Crippen LogP contribution in [0, 0.1) is 5.82 Å².